The van der Waals surface area contributed by atoms with E-state index in [-0.39, 0.29) is 0 Å². The van der Waals surface area contributed by atoms with Gasteiger partial charge in [-0.05, 0) is 59.3 Å². The minimum Gasteiger partial charge on any atom is -0.309 e. The molecular weight excluding hydrogens is 591 g/mol. The number of fused-ring (bicyclic) bond motifs is 5. The van der Waals surface area contributed by atoms with E-state index in [0.717, 1.165) is 60.4 Å². The molecule has 0 aliphatic carbocycles. The molecule has 0 radical (unpaired) electrons. The maximum absolute atomic E-state index is 5.13. The summed E-state index contributed by atoms with van der Waals surface area (Å²) in [6, 6.07) is 40.8. The number of thiazole rings is 2. The lowest BCUT2D eigenvalue weighted by Gasteiger charge is -2.12. The zero-order chi connectivity index (χ0) is 29.7. The van der Waals surface area contributed by atoms with E-state index in [1.54, 1.807) is 22.7 Å². The van der Waals surface area contributed by atoms with Crippen molar-refractivity contribution < 1.29 is 0 Å². The van der Waals surface area contributed by atoms with E-state index in [4.69, 9.17) is 9.97 Å². The zero-order valence-electron chi connectivity index (χ0n) is 23.8. The number of aromatic nitrogens is 5. The molecule has 0 aliphatic heterocycles. The number of hydrogen-bond acceptors (Lipinski definition) is 6. The summed E-state index contributed by atoms with van der Waals surface area (Å²) in [6.07, 6.45) is 3.75. The Labute approximate surface area is 266 Å². The van der Waals surface area contributed by atoms with Crippen LogP contribution in [0.15, 0.2) is 139 Å². The highest BCUT2D eigenvalue weighted by molar-refractivity contribution is 7.13. The summed E-state index contributed by atoms with van der Waals surface area (Å²) in [4.78, 5) is 20.8. The normalized spacial score (nSPS) is 11.6. The largest absolute Gasteiger partial charge is 0.309 e. The first kappa shape index (κ1) is 25.9. The third-order valence-corrected chi connectivity index (χ3v) is 9.82. The second-order valence-electron chi connectivity index (χ2n) is 10.8. The van der Waals surface area contributed by atoms with Crippen LogP contribution in [-0.4, -0.2) is 24.5 Å². The fourth-order valence-corrected chi connectivity index (χ4v) is 7.43. The molecule has 0 saturated heterocycles. The molecule has 5 aromatic heterocycles. The number of benzene rings is 4. The van der Waals surface area contributed by atoms with Gasteiger partial charge >= 0.3 is 0 Å². The molecule has 0 aliphatic rings. The van der Waals surface area contributed by atoms with Crippen molar-refractivity contribution in [3.63, 3.8) is 0 Å². The van der Waals surface area contributed by atoms with Gasteiger partial charge in [-0.1, -0.05) is 66.7 Å². The maximum Gasteiger partial charge on any atom is 0.0825 e. The average molecular weight is 614 g/mol. The summed E-state index contributed by atoms with van der Waals surface area (Å²) in [5.41, 5.74) is 13.0. The number of pyridine rings is 2. The molecule has 0 bridgehead atoms. The molecule has 9 rings (SSSR count). The van der Waals surface area contributed by atoms with Gasteiger partial charge in [0, 0.05) is 40.0 Å². The van der Waals surface area contributed by atoms with Crippen molar-refractivity contribution in [3.8, 4) is 49.3 Å². The maximum atomic E-state index is 5.13. The van der Waals surface area contributed by atoms with Crippen LogP contribution in [-0.2, 0) is 0 Å². The first-order valence-corrected chi connectivity index (χ1v) is 16.4. The molecule has 5 heterocycles. The van der Waals surface area contributed by atoms with E-state index in [0.29, 0.717) is 0 Å². The molecule has 0 saturated carbocycles. The van der Waals surface area contributed by atoms with Crippen molar-refractivity contribution >= 4 is 55.3 Å². The van der Waals surface area contributed by atoms with Gasteiger partial charge in [0.15, 0.2) is 0 Å². The van der Waals surface area contributed by atoms with Crippen LogP contribution in [0.5, 0.6) is 0 Å². The smallest absolute Gasteiger partial charge is 0.0825 e. The Morgan fingerprint density at radius 3 is 1.84 bits per heavy atom. The Bertz CT molecular complexity index is 2480. The molecule has 0 atom stereocenters. The minimum absolute atomic E-state index is 0.931. The summed E-state index contributed by atoms with van der Waals surface area (Å²) in [7, 11) is 0. The highest BCUT2D eigenvalue weighted by Crippen LogP contribution is 2.42. The Morgan fingerprint density at radius 2 is 1.13 bits per heavy atom. The molecule has 0 N–H and O–H groups in total. The third-order valence-electron chi connectivity index (χ3n) is 8.23. The molecule has 0 amide bonds. The van der Waals surface area contributed by atoms with Gasteiger partial charge in [-0.2, -0.15) is 0 Å². The second kappa shape index (κ2) is 10.6. The van der Waals surface area contributed by atoms with Crippen molar-refractivity contribution in [2.75, 3.05) is 0 Å². The van der Waals surface area contributed by atoms with E-state index in [2.05, 4.69) is 124 Å². The quantitative estimate of drug-likeness (QED) is 0.194. The summed E-state index contributed by atoms with van der Waals surface area (Å²) < 4.78 is 2.38. The highest BCUT2D eigenvalue weighted by Gasteiger charge is 2.19. The van der Waals surface area contributed by atoms with E-state index >= 15 is 0 Å². The fraction of sp³-hybridized carbons (Fsp3) is 0. The molecular formula is C38H23N5S2. The lowest BCUT2D eigenvalue weighted by molar-refractivity contribution is 1.18. The van der Waals surface area contributed by atoms with E-state index in [9.17, 15) is 0 Å². The van der Waals surface area contributed by atoms with Gasteiger partial charge in [0.05, 0.1) is 54.6 Å². The Balaban J connectivity index is 1.34. The molecule has 7 heteroatoms. The molecule has 45 heavy (non-hydrogen) atoms. The average Bonchev–Trinajstić information content (AvgIpc) is 3.90. The topological polar surface area (TPSA) is 56.5 Å². The summed E-state index contributed by atoms with van der Waals surface area (Å²) in [6.45, 7) is 0. The molecule has 4 aromatic carbocycles. The lowest BCUT2D eigenvalue weighted by atomic mass is 9.96. The van der Waals surface area contributed by atoms with Crippen molar-refractivity contribution in [2.45, 2.75) is 0 Å². The SMILES string of the molecule is c1ccc(-n2c3cc(-c4cccc(-c5cncs5)n4)ccc3c3c4ccccc4c(-c4cccc(-c5cncs5)n4)cc32)cc1. The van der Waals surface area contributed by atoms with Crippen LogP contribution in [0.4, 0.5) is 0 Å². The van der Waals surface area contributed by atoms with Crippen molar-refractivity contribution in [2.24, 2.45) is 0 Å². The number of hydrogen-bond donors (Lipinski definition) is 0. The lowest BCUT2D eigenvalue weighted by Crippen LogP contribution is -1.95. The van der Waals surface area contributed by atoms with Crippen molar-refractivity contribution in [3.05, 3.63) is 139 Å². The van der Waals surface area contributed by atoms with Gasteiger partial charge in [0.2, 0.25) is 0 Å². The molecule has 0 unspecified atom stereocenters. The van der Waals surface area contributed by atoms with E-state index in [1.165, 1.54) is 21.5 Å². The van der Waals surface area contributed by atoms with Gasteiger partial charge in [0.25, 0.3) is 0 Å². The van der Waals surface area contributed by atoms with Gasteiger partial charge in [-0.3, -0.25) is 9.97 Å². The van der Waals surface area contributed by atoms with Crippen LogP contribution in [0.25, 0.3) is 81.9 Å². The van der Waals surface area contributed by atoms with Crippen LogP contribution in [0, 0.1) is 0 Å². The highest BCUT2D eigenvalue weighted by atomic mass is 32.1. The van der Waals surface area contributed by atoms with Crippen LogP contribution in [0.3, 0.4) is 0 Å². The Kier molecular flexibility index (Phi) is 6.11. The predicted octanol–water partition coefficient (Wildman–Crippen LogP) is 10.3. The van der Waals surface area contributed by atoms with E-state index in [1.807, 2.05) is 29.5 Å². The molecule has 0 spiro atoms. The predicted molar refractivity (Wildman–Crippen MR) is 187 cm³/mol. The first-order chi connectivity index (χ1) is 22.3. The van der Waals surface area contributed by atoms with Gasteiger partial charge in [0.1, 0.15) is 0 Å². The van der Waals surface area contributed by atoms with Gasteiger partial charge < -0.3 is 4.57 Å². The molecule has 9 aromatic rings. The Morgan fingerprint density at radius 1 is 0.489 bits per heavy atom. The standard InChI is InChI=1S/C38H23N5S2/c1-2-8-25(9-3-1)43-34-18-24(30-12-6-14-32(41-30)36-20-39-22-44-36)16-17-28(34)38-27-11-5-4-10-26(27)29(19-35(38)43)31-13-7-15-33(42-31)37-21-40-23-45-37/h1-23H. The molecule has 5 nitrogen and oxygen atoms in total. The van der Waals surface area contributed by atoms with E-state index < -0.39 is 0 Å². The van der Waals surface area contributed by atoms with Crippen molar-refractivity contribution in [1.82, 2.24) is 24.5 Å². The van der Waals surface area contributed by atoms with Crippen LogP contribution >= 0.6 is 22.7 Å². The minimum atomic E-state index is 0.931. The number of nitrogens with zero attached hydrogens (tertiary/aromatic N) is 5. The Hall–Kier alpha value is -5.50. The summed E-state index contributed by atoms with van der Waals surface area (Å²) >= 11 is 3.20. The fourth-order valence-electron chi connectivity index (χ4n) is 6.24. The molecule has 0 fully saturated rings. The van der Waals surface area contributed by atoms with Crippen LogP contribution in [0.2, 0.25) is 0 Å². The molecule has 212 valence electrons. The van der Waals surface area contributed by atoms with Crippen LogP contribution < -0.4 is 0 Å². The van der Waals surface area contributed by atoms with Gasteiger partial charge in [-0.25, -0.2) is 9.97 Å². The zero-order valence-corrected chi connectivity index (χ0v) is 25.5. The monoisotopic (exact) mass is 613 g/mol. The third kappa shape index (κ3) is 4.36. The summed E-state index contributed by atoms with van der Waals surface area (Å²) in [5.74, 6) is 0. The van der Waals surface area contributed by atoms with Gasteiger partial charge in [-0.15, -0.1) is 22.7 Å². The van der Waals surface area contributed by atoms with Crippen molar-refractivity contribution in [1.29, 1.82) is 0 Å². The second-order valence-corrected chi connectivity index (χ2v) is 12.6. The number of rotatable bonds is 5. The summed E-state index contributed by atoms with van der Waals surface area (Å²) in [5, 5.41) is 4.80. The number of para-hydroxylation sites is 1. The first-order valence-electron chi connectivity index (χ1n) is 14.6. The van der Waals surface area contributed by atoms with Crippen LogP contribution in [0.1, 0.15) is 0 Å².